The molecule has 4 nitrogen and oxygen atoms in total. The molecule has 0 aromatic carbocycles. The molecule has 0 spiro atoms. The van der Waals surface area contributed by atoms with Crippen LogP contribution in [0.5, 0.6) is 0 Å². The molecule has 0 bridgehead atoms. The second-order valence-electron chi connectivity index (χ2n) is 2.72. The van der Waals surface area contributed by atoms with Crippen molar-refractivity contribution in [3.8, 4) is 0 Å². The molecule has 0 amide bonds. The fourth-order valence-electron chi connectivity index (χ4n) is 0.931. The monoisotopic (exact) mass is 245 g/mol. The van der Waals surface area contributed by atoms with Crippen LogP contribution in [0.2, 0.25) is 5.02 Å². The number of H-pyrrole nitrogens is 1. The second kappa shape index (κ2) is 6.53. The van der Waals surface area contributed by atoms with E-state index in [2.05, 4.69) is 22.1 Å². The molecule has 0 fully saturated rings. The Balaban J connectivity index is 2.41. The van der Waals surface area contributed by atoms with Gasteiger partial charge in [0.05, 0.1) is 11.9 Å². The maximum atomic E-state index is 11.1. The Morgan fingerprint density at radius 1 is 1.73 bits per heavy atom. The van der Waals surface area contributed by atoms with Gasteiger partial charge < -0.3 is 5.32 Å². The van der Waals surface area contributed by atoms with E-state index in [0.29, 0.717) is 5.69 Å². The van der Waals surface area contributed by atoms with Gasteiger partial charge in [-0.25, -0.2) is 5.10 Å². The van der Waals surface area contributed by atoms with Crippen LogP contribution in [0.4, 0.5) is 5.69 Å². The third-order valence-electron chi connectivity index (χ3n) is 1.59. The Morgan fingerprint density at radius 2 is 2.53 bits per heavy atom. The third kappa shape index (κ3) is 3.97. The molecule has 0 aliphatic heterocycles. The van der Waals surface area contributed by atoms with E-state index in [4.69, 9.17) is 11.6 Å². The maximum absolute atomic E-state index is 11.1. The first kappa shape index (κ1) is 12.1. The Labute approximate surface area is 97.1 Å². The van der Waals surface area contributed by atoms with Gasteiger partial charge in [-0.05, 0) is 0 Å². The molecule has 0 saturated heterocycles. The van der Waals surface area contributed by atoms with Gasteiger partial charge in [-0.15, -0.1) is 6.58 Å². The van der Waals surface area contributed by atoms with E-state index < -0.39 is 0 Å². The zero-order valence-corrected chi connectivity index (χ0v) is 9.70. The molecule has 0 aliphatic carbocycles. The van der Waals surface area contributed by atoms with Crippen molar-refractivity contribution in [1.82, 2.24) is 10.2 Å². The number of anilines is 1. The first-order valence-electron chi connectivity index (χ1n) is 4.41. The topological polar surface area (TPSA) is 57.8 Å². The molecule has 0 aliphatic rings. The zero-order valence-electron chi connectivity index (χ0n) is 8.12. The minimum Gasteiger partial charge on any atom is -0.382 e. The van der Waals surface area contributed by atoms with Crippen molar-refractivity contribution >= 4 is 29.1 Å². The first-order chi connectivity index (χ1) is 7.25. The van der Waals surface area contributed by atoms with Crippen molar-refractivity contribution in [2.75, 3.05) is 23.4 Å². The lowest BCUT2D eigenvalue weighted by atomic mass is 10.4. The second-order valence-corrected chi connectivity index (χ2v) is 4.24. The Kier molecular flexibility index (Phi) is 5.28. The van der Waals surface area contributed by atoms with Gasteiger partial charge in [0.2, 0.25) is 0 Å². The molecule has 1 heterocycles. The normalized spacial score (nSPS) is 9.93. The molecule has 1 rings (SSSR count). The average Bonchev–Trinajstić information content (AvgIpc) is 2.24. The standard InChI is InChI=1S/C9H12ClN3OS/c1-2-4-15-5-3-11-7-6-12-13-9(14)8(7)10/h2,6H,1,3-5H2,(H2,11,13,14). The summed E-state index contributed by atoms with van der Waals surface area (Å²) in [6.07, 6.45) is 3.36. The molecule has 0 atom stereocenters. The van der Waals surface area contributed by atoms with Crippen molar-refractivity contribution in [3.05, 3.63) is 34.2 Å². The molecule has 1 aromatic heterocycles. The highest BCUT2D eigenvalue weighted by Crippen LogP contribution is 2.14. The number of aromatic amines is 1. The molecular formula is C9H12ClN3OS. The Bertz CT molecular complexity index is 380. The summed E-state index contributed by atoms with van der Waals surface area (Å²) in [7, 11) is 0. The molecular weight excluding hydrogens is 234 g/mol. The van der Waals surface area contributed by atoms with Crippen LogP contribution in [-0.2, 0) is 0 Å². The van der Waals surface area contributed by atoms with Gasteiger partial charge >= 0.3 is 0 Å². The van der Waals surface area contributed by atoms with Gasteiger partial charge in [-0.3, -0.25) is 4.79 Å². The maximum Gasteiger partial charge on any atom is 0.285 e. The third-order valence-corrected chi connectivity index (χ3v) is 2.93. The average molecular weight is 246 g/mol. The number of hydrogen-bond donors (Lipinski definition) is 2. The van der Waals surface area contributed by atoms with Crippen LogP contribution in [-0.4, -0.2) is 28.2 Å². The van der Waals surface area contributed by atoms with E-state index in [-0.39, 0.29) is 10.6 Å². The van der Waals surface area contributed by atoms with Crippen molar-refractivity contribution in [2.45, 2.75) is 0 Å². The van der Waals surface area contributed by atoms with Crippen molar-refractivity contribution in [3.63, 3.8) is 0 Å². The summed E-state index contributed by atoms with van der Waals surface area (Å²) in [5.74, 6) is 1.85. The van der Waals surface area contributed by atoms with E-state index in [0.717, 1.165) is 18.1 Å². The minimum atomic E-state index is -0.375. The summed E-state index contributed by atoms with van der Waals surface area (Å²) in [4.78, 5) is 11.1. The lowest BCUT2D eigenvalue weighted by molar-refractivity contribution is 0.985. The number of nitrogens with one attached hydrogen (secondary N) is 2. The fraction of sp³-hybridized carbons (Fsp3) is 0.333. The van der Waals surface area contributed by atoms with E-state index in [1.165, 1.54) is 6.20 Å². The van der Waals surface area contributed by atoms with E-state index in [1.807, 2.05) is 6.08 Å². The van der Waals surface area contributed by atoms with Crippen LogP contribution in [0.15, 0.2) is 23.6 Å². The summed E-state index contributed by atoms with van der Waals surface area (Å²) >= 11 is 7.52. The lowest BCUT2D eigenvalue weighted by Gasteiger charge is -2.05. The fourth-order valence-corrected chi connectivity index (χ4v) is 1.67. The van der Waals surface area contributed by atoms with E-state index in [9.17, 15) is 4.79 Å². The van der Waals surface area contributed by atoms with Crippen LogP contribution in [0.25, 0.3) is 0 Å². The van der Waals surface area contributed by atoms with Crippen LogP contribution in [0, 0.1) is 0 Å². The summed E-state index contributed by atoms with van der Waals surface area (Å²) in [6.45, 7) is 4.36. The van der Waals surface area contributed by atoms with Crippen LogP contribution in [0.1, 0.15) is 0 Å². The van der Waals surface area contributed by atoms with Crippen LogP contribution < -0.4 is 10.9 Å². The molecule has 2 N–H and O–H groups in total. The largest absolute Gasteiger partial charge is 0.382 e. The van der Waals surface area contributed by atoms with Gasteiger partial charge in [-0.1, -0.05) is 17.7 Å². The van der Waals surface area contributed by atoms with E-state index in [1.54, 1.807) is 11.8 Å². The SMILES string of the molecule is C=CCSCCNc1cn[nH]c(=O)c1Cl. The van der Waals surface area contributed by atoms with Gasteiger partial charge in [0.15, 0.2) is 0 Å². The molecule has 0 unspecified atom stereocenters. The zero-order chi connectivity index (χ0) is 11.1. The number of nitrogens with zero attached hydrogens (tertiary/aromatic N) is 1. The number of rotatable bonds is 6. The predicted octanol–water partition coefficient (Wildman–Crippen LogP) is 1.75. The Morgan fingerprint density at radius 3 is 3.27 bits per heavy atom. The highest BCUT2D eigenvalue weighted by molar-refractivity contribution is 7.99. The summed E-state index contributed by atoms with van der Waals surface area (Å²) in [5, 5.41) is 9.10. The number of halogens is 1. The van der Waals surface area contributed by atoms with Gasteiger partial charge in [0.25, 0.3) is 5.56 Å². The van der Waals surface area contributed by atoms with Crippen LogP contribution in [0.3, 0.4) is 0 Å². The Hall–Kier alpha value is -0.940. The van der Waals surface area contributed by atoms with Crippen molar-refractivity contribution in [2.24, 2.45) is 0 Å². The van der Waals surface area contributed by atoms with Crippen LogP contribution >= 0.6 is 23.4 Å². The summed E-state index contributed by atoms with van der Waals surface area (Å²) in [5.41, 5.74) is 0.194. The number of hydrogen-bond acceptors (Lipinski definition) is 4. The predicted molar refractivity (Wildman–Crippen MR) is 65.9 cm³/mol. The number of thioether (sulfide) groups is 1. The first-order valence-corrected chi connectivity index (χ1v) is 5.94. The molecule has 0 saturated carbocycles. The highest BCUT2D eigenvalue weighted by atomic mass is 35.5. The van der Waals surface area contributed by atoms with Gasteiger partial charge in [0.1, 0.15) is 5.02 Å². The molecule has 6 heteroatoms. The minimum absolute atomic E-state index is 0.152. The lowest BCUT2D eigenvalue weighted by Crippen LogP contribution is -2.13. The van der Waals surface area contributed by atoms with E-state index >= 15 is 0 Å². The number of aromatic nitrogens is 2. The van der Waals surface area contributed by atoms with Crippen molar-refractivity contribution in [1.29, 1.82) is 0 Å². The smallest absolute Gasteiger partial charge is 0.285 e. The molecule has 82 valence electrons. The molecule has 1 aromatic rings. The van der Waals surface area contributed by atoms with Gasteiger partial charge in [0, 0.05) is 18.1 Å². The van der Waals surface area contributed by atoms with Gasteiger partial charge in [-0.2, -0.15) is 16.9 Å². The molecule has 15 heavy (non-hydrogen) atoms. The quantitative estimate of drug-likeness (QED) is 0.592. The van der Waals surface area contributed by atoms with Crippen molar-refractivity contribution < 1.29 is 0 Å². The highest BCUT2D eigenvalue weighted by Gasteiger charge is 2.03. The molecule has 0 radical (unpaired) electrons. The summed E-state index contributed by atoms with van der Waals surface area (Å²) in [6, 6.07) is 0. The summed E-state index contributed by atoms with van der Waals surface area (Å²) < 4.78 is 0.